The van der Waals surface area contributed by atoms with Crippen LogP contribution < -0.4 is 11.3 Å². The van der Waals surface area contributed by atoms with Gasteiger partial charge in [-0.1, -0.05) is 20.8 Å². The normalized spacial score (nSPS) is 32.5. The van der Waals surface area contributed by atoms with Crippen molar-refractivity contribution in [3.63, 3.8) is 0 Å². The van der Waals surface area contributed by atoms with Crippen LogP contribution >= 0.6 is 0 Å². The Bertz CT molecular complexity index is 123. The zero-order chi connectivity index (χ0) is 8.43. The molecule has 0 bridgehead atoms. The van der Waals surface area contributed by atoms with Gasteiger partial charge >= 0.3 is 0 Å². The SMILES string of the molecule is CC(C)CC(NN)C1CC1C. The van der Waals surface area contributed by atoms with Gasteiger partial charge in [-0.2, -0.15) is 0 Å². The van der Waals surface area contributed by atoms with E-state index in [1.807, 2.05) is 0 Å². The molecular formula is C9H20N2. The lowest BCUT2D eigenvalue weighted by molar-refractivity contribution is 0.378. The summed E-state index contributed by atoms with van der Waals surface area (Å²) in [6, 6.07) is 0.560. The molecule has 1 rings (SSSR count). The molecule has 0 heterocycles. The molecule has 2 heteroatoms. The summed E-state index contributed by atoms with van der Waals surface area (Å²) in [5, 5.41) is 0. The monoisotopic (exact) mass is 156 g/mol. The molecule has 0 aromatic heterocycles. The lowest BCUT2D eigenvalue weighted by Gasteiger charge is -2.17. The summed E-state index contributed by atoms with van der Waals surface area (Å²) in [6.45, 7) is 6.80. The van der Waals surface area contributed by atoms with Gasteiger partial charge in [-0.05, 0) is 30.6 Å². The third kappa shape index (κ3) is 2.46. The fraction of sp³-hybridized carbons (Fsp3) is 1.00. The summed E-state index contributed by atoms with van der Waals surface area (Å²) in [6.07, 6.45) is 2.58. The second-order valence-corrected chi connectivity index (χ2v) is 4.28. The molecule has 0 aromatic carbocycles. The van der Waals surface area contributed by atoms with Crippen molar-refractivity contribution in [3.8, 4) is 0 Å². The van der Waals surface area contributed by atoms with Crippen molar-refractivity contribution in [3.05, 3.63) is 0 Å². The Labute approximate surface area is 69.5 Å². The van der Waals surface area contributed by atoms with E-state index in [0.29, 0.717) is 6.04 Å². The van der Waals surface area contributed by atoms with E-state index in [9.17, 15) is 0 Å². The highest BCUT2D eigenvalue weighted by atomic mass is 15.2. The van der Waals surface area contributed by atoms with Crippen molar-refractivity contribution in [1.29, 1.82) is 0 Å². The predicted octanol–water partition coefficient (Wildman–Crippen LogP) is 1.52. The molecule has 0 amide bonds. The van der Waals surface area contributed by atoms with Crippen LogP contribution in [0.4, 0.5) is 0 Å². The van der Waals surface area contributed by atoms with Crippen LogP contribution in [0.3, 0.4) is 0 Å². The number of nitrogens with two attached hydrogens (primary N) is 1. The Balaban J connectivity index is 2.26. The molecule has 1 fully saturated rings. The number of hydrogen-bond donors (Lipinski definition) is 2. The first kappa shape index (κ1) is 9.01. The molecule has 1 saturated carbocycles. The summed E-state index contributed by atoms with van der Waals surface area (Å²) in [5.74, 6) is 7.98. The van der Waals surface area contributed by atoms with Gasteiger partial charge in [0.15, 0.2) is 0 Å². The van der Waals surface area contributed by atoms with Gasteiger partial charge in [-0.25, -0.2) is 0 Å². The lowest BCUT2D eigenvalue weighted by Crippen LogP contribution is -2.38. The molecule has 1 aliphatic carbocycles. The minimum atomic E-state index is 0.560. The quantitative estimate of drug-likeness (QED) is 0.478. The Morgan fingerprint density at radius 1 is 1.55 bits per heavy atom. The second kappa shape index (κ2) is 3.55. The summed E-state index contributed by atoms with van der Waals surface area (Å²) in [7, 11) is 0. The largest absolute Gasteiger partial charge is 0.271 e. The van der Waals surface area contributed by atoms with Crippen LogP contribution in [0.15, 0.2) is 0 Å². The number of hydrazine groups is 1. The highest BCUT2D eigenvalue weighted by Crippen LogP contribution is 2.41. The number of rotatable bonds is 4. The first-order chi connectivity index (χ1) is 5.15. The lowest BCUT2D eigenvalue weighted by atomic mass is 10.00. The van der Waals surface area contributed by atoms with Crippen LogP contribution in [0.2, 0.25) is 0 Å². The van der Waals surface area contributed by atoms with Crippen LogP contribution in [-0.4, -0.2) is 6.04 Å². The van der Waals surface area contributed by atoms with Crippen LogP contribution in [0.25, 0.3) is 0 Å². The van der Waals surface area contributed by atoms with Crippen LogP contribution in [0, 0.1) is 17.8 Å². The average Bonchev–Trinajstić information content (AvgIpc) is 2.61. The average molecular weight is 156 g/mol. The molecule has 66 valence electrons. The third-order valence-electron chi connectivity index (χ3n) is 2.63. The van der Waals surface area contributed by atoms with E-state index in [4.69, 9.17) is 5.84 Å². The molecule has 0 radical (unpaired) electrons. The Kier molecular flexibility index (Phi) is 2.90. The maximum atomic E-state index is 5.47. The van der Waals surface area contributed by atoms with Crippen molar-refractivity contribution in [1.82, 2.24) is 5.43 Å². The summed E-state index contributed by atoms with van der Waals surface area (Å²) < 4.78 is 0. The van der Waals surface area contributed by atoms with Gasteiger partial charge < -0.3 is 0 Å². The van der Waals surface area contributed by atoms with E-state index in [1.165, 1.54) is 12.8 Å². The zero-order valence-electron chi connectivity index (χ0n) is 7.80. The molecule has 3 N–H and O–H groups in total. The Morgan fingerprint density at radius 3 is 2.36 bits per heavy atom. The standard InChI is InChI=1S/C9H20N2/c1-6(2)4-9(11-10)8-5-7(8)3/h6-9,11H,4-5,10H2,1-3H3. The van der Waals surface area contributed by atoms with Crippen molar-refractivity contribution >= 4 is 0 Å². The van der Waals surface area contributed by atoms with Gasteiger partial charge in [-0.15, -0.1) is 0 Å². The minimum absolute atomic E-state index is 0.560. The van der Waals surface area contributed by atoms with Gasteiger partial charge in [0.2, 0.25) is 0 Å². The molecule has 0 saturated heterocycles. The fourth-order valence-electron chi connectivity index (χ4n) is 1.79. The summed E-state index contributed by atoms with van der Waals surface area (Å²) >= 11 is 0. The molecule has 3 unspecified atom stereocenters. The van der Waals surface area contributed by atoms with Crippen molar-refractivity contribution < 1.29 is 0 Å². The van der Waals surface area contributed by atoms with Crippen molar-refractivity contribution in [2.75, 3.05) is 0 Å². The molecule has 3 atom stereocenters. The number of nitrogens with one attached hydrogen (secondary N) is 1. The van der Waals surface area contributed by atoms with Crippen molar-refractivity contribution in [2.45, 2.75) is 39.7 Å². The maximum absolute atomic E-state index is 5.47. The first-order valence-electron chi connectivity index (χ1n) is 4.61. The van der Waals surface area contributed by atoms with E-state index in [0.717, 1.165) is 17.8 Å². The van der Waals surface area contributed by atoms with E-state index in [-0.39, 0.29) is 0 Å². The molecule has 11 heavy (non-hydrogen) atoms. The minimum Gasteiger partial charge on any atom is -0.271 e. The van der Waals surface area contributed by atoms with Crippen LogP contribution in [0.1, 0.15) is 33.6 Å². The Hall–Kier alpha value is -0.0800. The molecule has 0 aromatic rings. The Morgan fingerprint density at radius 2 is 2.09 bits per heavy atom. The van der Waals surface area contributed by atoms with Gasteiger partial charge in [0.1, 0.15) is 0 Å². The summed E-state index contributed by atoms with van der Waals surface area (Å²) in [5.41, 5.74) is 2.93. The van der Waals surface area contributed by atoms with E-state index in [2.05, 4.69) is 26.2 Å². The predicted molar refractivity (Wildman–Crippen MR) is 47.8 cm³/mol. The smallest absolute Gasteiger partial charge is 0.0243 e. The third-order valence-corrected chi connectivity index (χ3v) is 2.63. The van der Waals surface area contributed by atoms with E-state index < -0.39 is 0 Å². The fourth-order valence-corrected chi connectivity index (χ4v) is 1.79. The highest BCUT2D eigenvalue weighted by Gasteiger charge is 2.38. The topological polar surface area (TPSA) is 38.0 Å². The molecule has 0 aliphatic heterocycles. The molecule has 2 nitrogen and oxygen atoms in total. The van der Waals surface area contributed by atoms with Gasteiger partial charge in [0, 0.05) is 6.04 Å². The zero-order valence-corrected chi connectivity index (χ0v) is 7.80. The number of hydrogen-bond acceptors (Lipinski definition) is 2. The van der Waals surface area contributed by atoms with E-state index in [1.54, 1.807) is 0 Å². The molecule has 0 spiro atoms. The highest BCUT2D eigenvalue weighted by molar-refractivity contribution is 4.91. The first-order valence-corrected chi connectivity index (χ1v) is 4.61. The van der Waals surface area contributed by atoms with Gasteiger partial charge in [0.05, 0.1) is 0 Å². The summed E-state index contributed by atoms with van der Waals surface area (Å²) in [4.78, 5) is 0. The second-order valence-electron chi connectivity index (χ2n) is 4.28. The van der Waals surface area contributed by atoms with Crippen LogP contribution in [-0.2, 0) is 0 Å². The molecule has 1 aliphatic rings. The van der Waals surface area contributed by atoms with Gasteiger partial charge in [0.25, 0.3) is 0 Å². The maximum Gasteiger partial charge on any atom is 0.0243 e. The van der Waals surface area contributed by atoms with Gasteiger partial charge in [-0.3, -0.25) is 11.3 Å². The van der Waals surface area contributed by atoms with Crippen molar-refractivity contribution in [2.24, 2.45) is 23.6 Å². The van der Waals surface area contributed by atoms with E-state index >= 15 is 0 Å². The molecular weight excluding hydrogens is 136 g/mol. The van der Waals surface area contributed by atoms with Crippen LogP contribution in [0.5, 0.6) is 0 Å².